The molecule has 2 N–H and O–H groups in total. The van der Waals surface area contributed by atoms with E-state index in [1.54, 1.807) is 20.2 Å². The monoisotopic (exact) mass is 367 g/mol. The Labute approximate surface area is 152 Å². The summed E-state index contributed by atoms with van der Waals surface area (Å²) in [4.78, 5) is 27.2. The molecule has 1 aliphatic rings. The molecule has 0 aromatic heterocycles. The number of piperidine rings is 1. The minimum absolute atomic E-state index is 0.0253. The second-order valence-corrected chi connectivity index (χ2v) is 6.71. The van der Waals surface area contributed by atoms with Crippen molar-refractivity contribution in [3.8, 4) is 5.75 Å². The third-order valence-electron chi connectivity index (χ3n) is 4.51. The Hall–Kier alpha value is -2.19. The molecule has 8 heteroatoms. The average molecular weight is 367 g/mol. The molecular formula is C18H26FN3O4. The lowest BCUT2D eigenvalue weighted by molar-refractivity contribution is -0.157. The van der Waals surface area contributed by atoms with E-state index in [1.807, 2.05) is 0 Å². The molecule has 2 rings (SSSR count). The van der Waals surface area contributed by atoms with E-state index < -0.39 is 17.3 Å². The van der Waals surface area contributed by atoms with Gasteiger partial charge in [-0.2, -0.15) is 0 Å². The zero-order valence-electron chi connectivity index (χ0n) is 15.4. The quantitative estimate of drug-likeness (QED) is 0.728. The van der Waals surface area contributed by atoms with Crippen LogP contribution in [-0.4, -0.2) is 73.2 Å². The molecule has 1 aliphatic heterocycles. The first kappa shape index (κ1) is 20.1. The van der Waals surface area contributed by atoms with Gasteiger partial charge in [-0.15, -0.1) is 0 Å². The fourth-order valence-corrected chi connectivity index (χ4v) is 2.92. The van der Waals surface area contributed by atoms with Crippen molar-refractivity contribution < 1.29 is 23.8 Å². The van der Waals surface area contributed by atoms with Gasteiger partial charge in [0, 0.05) is 39.3 Å². The lowest BCUT2D eigenvalue weighted by atomic mass is 9.91. The third-order valence-corrected chi connectivity index (χ3v) is 4.51. The molecule has 1 atom stereocenters. The molecular weight excluding hydrogens is 341 g/mol. The van der Waals surface area contributed by atoms with Gasteiger partial charge in [-0.3, -0.25) is 9.59 Å². The number of hydrogen-bond donors (Lipinski definition) is 2. The van der Waals surface area contributed by atoms with Gasteiger partial charge in [-0.25, -0.2) is 4.39 Å². The largest absolute Gasteiger partial charge is 0.497 e. The molecule has 2 amide bonds. The summed E-state index contributed by atoms with van der Waals surface area (Å²) in [7, 11) is 4.76. The number of carbonyl (C=O) groups excluding carboxylic acids is 2. The van der Waals surface area contributed by atoms with Crippen LogP contribution in [0.4, 0.5) is 4.39 Å². The van der Waals surface area contributed by atoms with Gasteiger partial charge in [0.05, 0.1) is 13.7 Å². The highest BCUT2D eigenvalue weighted by atomic mass is 19.1. The van der Waals surface area contributed by atoms with E-state index in [9.17, 15) is 19.1 Å². The second kappa shape index (κ2) is 8.46. The van der Waals surface area contributed by atoms with E-state index in [1.165, 1.54) is 29.0 Å². The summed E-state index contributed by atoms with van der Waals surface area (Å²) in [5, 5.41) is 13.6. The molecule has 7 nitrogen and oxygen atoms in total. The summed E-state index contributed by atoms with van der Waals surface area (Å²) in [5.41, 5.74) is -1.27. The Kier molecular flexibility index (Phi) is 6.55. The van der Waals surface area contributed by atoms with Crippen LogP contribution in [0.2, 0.25) is 0 Å². The zero-order valence-corrected chi connectivity index (χ0v) is 15.4. The number of likely N-dealkylation sites (N-methyl/N-ethyl adjacent to an activating group) is 1. The SMILES string of the molecule is COc1ccc(F)c(CN2CCC[C@@](O)(CNCC(=O)N(C)C)C2=O)c1. The first-order chi connectivity index (χ1) is 12.3. The lowest BCUT2D eigenvalue weighted by Crippen LogP contribution is -2.58. The van der Waals surface area contributed by atoms with Crippen molar-refractivity contribution >= 4 is 11.8 Å². The first-order valence-electron chi connectivity index (χ1n) is 8.52. The van der Waals surface area contributed by atoms with Crippen LogP contribution in [0.1, 0.15) is 18.4 Å². The number of ether oxygens (including phenoxy) is 1. The minimum Gasteiger partial charge on any atom is -0.497 e. The van der Waals surface area contributed by atoms with Crippen LogP contribution in [0, 0.1) is 5.82 Å². The number of likely N-dealkylation sites (tertiary alicyclic amines) is 1. The molecule has 144 valence electrons. The summed E-state index contributed by atoms with van der Waals surface area (Å²) < 4.78 is 19.1. The van der Waals surface area contributed by atoms with Crippen LogP contribution in [0.25, 0.3) is 0 Å². The summed E-state index contributed by atoms with van der Waals surface area (Å²) in [5.74, 6) is -0.532. The van der Waals surface area contributed by atoms with E-state index in [0.29, 0.717) is 30.7 Å². The number of nitrogens with one attached hydrogen (secondary N) is 1. The number of nitrogens with zero attached hydrogens (tertiary/aromatic N) is 2. The fourth-order valence-electron chi connectivity index (χ4n) is 2.92. The van der Waals surface area contributed by atoms with Crippen LogP contribution in [-0.2, 0) is 16.1 Å². The van der Waals surface area contributed by atoms with Crippen molar-refractivity contribution in [1.29, 1.82) is 0 Å². The summed E-state index contributed by atoms with van der Waals surface area (Å²) in [6.45, 7) is 0.505. The zero-order chi connectivity index (χ0) is 19.3. The summed E-state index contributed by atoms with van der Waals surface area (Å²) in [6.07, 6.45) is 0.892. The molecule has 0 aliphatic carbocycles. The maximum Gasteiger partial charge on any atom is 0.256 e. The molecule has 1 aromatic carbocycles. The van der Waals surface area contributed by atoms with Crippen LogP contribution >= 0.6 is 0 Å². The van der Waals surface area contributed by atoms with Crippen molar-refractivity contribution in [1.82, 2.24) is 15.1 Å². The van der Waals surface area contributed by atoms with Crippen molar-refractivity contribution in [2.24, 2.45) is 0 Å². The highest BCUT2D eigenvalue weighted by Crippen LogP contribution is 2.25. The molecule has 1 heterocycles. The number of hydrogen-bond acceptors (Lipinski definition) is 5. The van der Waals surface area contributed by atoms with Gasteiger partial charge in [0.15, 0.2) is 5.60 Å². The molecule has 26 heavy (non-hydrogen) atoms. The van der Waals surface area contributed by atoms with E-state index >= 15 is 0 Å². The Bertz CT molecular complexity index is 668. The van der Waals surface area contributed by atoms with E-state index in [-0.39, 0.29) is 25.5 Å². The maximum absolute atomic E-state index is 14.0. The predicted molar refractivity (Wildman–Crippen MR) is 94.1 cm³/mol. The number of benzene rings is 1. The number of aliphatic hydroxyl groups is 1. The van der Waals surface area contributed by atoms with Gasteiger partial charge in [-0.1, -0.05) is 0 Å². The topological polar surface area (TPSA) is 82.1 Å². The summed E-state index contributed by atoms with van der Waals surface area (Å²) >= 11 is 0. The number of methoxy groups -OCH3 is 1. The highest BCUT2D eigenvalue weighted by Gasteiger charge is 2.42. The average Bonchev–Trinajstić information content (AvgIpc) is 2.60. The normalized spacial score (nSPS) is 20.2. The lowest BCUT2D eigenvalue weighted by Gasteiger charge is -2.38. The fraction of sp³-hybridized carbons (Fsp3) is 0.556. The van der Waals surface area contributed by atoms with Crippen molar-refractivity contribution in [3.05, 3.63) is 29.6 Å². The van der Waals surface area contributed by atoms with Crippen molar-refractivity contribution in [3.63, 3.8) is 0 Å². The van der Waals surface area contributed by atoms with Crippen molar-refractivity contribution in [2.45, 2.75) is 25.0 Å². The van der Waals surface area contributed by atoms with E-state index in [0.717, 1.165) is 0 Å². The molecule has 0 saturated carbocycles. The molecule has 1 aromatic rings. The minimum atomic E-state index is -1.60. The van der Waals surface area contributed by atoms with Gasteiger partial charge in [0.25, 0.3) is 5.91 Å². The van der Waals surface area contributed by atoms with Crippen LogP contribution in [0.3, 0.4) is 0 Å². The Morgan fingerprint density at radius 1 is 1.46 bits per heavy atom. The maximum atomic E-state index is 14.0. The Balaban J connectivity index is 2.03. The van der Waals surface area contributed by atoms with Gasteiger partial charge in [-0.05, 0) is 31.0 Å². The van der Waals surface area contributed by atoms with Gasteiger partial charge < -0.3 is 25.0 Å². The molecule has 1 saturated heterocycles. The van der Waals surface area contributed by atoms with E-state index in [4.69, 9.17) is 4.74 Å². The van der Waals surface area contributed by atoms with Crippen LogP contribution < -0.4 is 10.1 Å². The third kappa shape index (κ3) is 4.70. The van der Waals surface area contributed by atoms with Gasteiger partial charge >= 0.3 is 0 Å². The molecule has 0 bridgehead atoms. The van der Waals surface area contributed by atoms with Gasteiger partial charge in [0.2, 0.25) is 5.91 Å². The molecule has 1 fully saturated rings. The summed E-state index contributed by atoms with van der Waals surface area (Å²) in [6, 6.07) is 4.35. The number of carbonyl (C=O) groups is 2. The Morgan fingerprint density at radius 3 is 2.85 bits per heavy atom. The molecule has 0 unspecified atom stereocenters. The highest BCUT2D eigenvalue weighted by molar-refractivity contribution is 5.86. The van der Waals surface area contributed by atoms with Gasteiger partial charge in [0.1, 0.15) is 11.6 Å². The van der Waals surface area contributed by atoms with Crippen LogP contribution in [0.15, 0.2) is 18.2 Å². The standard InChI is InChI=1S/C18H26FN3O4/c1-21(2)16(23)10-20-12-18(25)7-4-8-22(17(18)24)11-13-9-14(26-3)5-6-15(13)19/h5-6,9,20,25H,4,7-8,10-12H2,1-3H3/t18-/m1/s1. The number of rotatable bonds is 7. The number of halogens is 1. The smallest absolute Gasteiger partial charge is 0.256 e. The molecule has 0 spiro atoms. The number of amides is 2. The molecule has 0 radical (unpaired) electrons. The Morgan fingerprint density at radius 2 is 2.19 bits per heavy atom. The van der Waals surface area contributed by atoms with E-state index in [2.05, 4.69) is 5.32 Å². The second-order valence-electron chi connectivity index (χ2n) is 6.71. The predicted octanol–water partition coefficient (Wildman–Crippen LogP) is 0.366. The first-order valence-corrected chi connectivity index (χ1v) is 8.52. The van der Waals surface area contributed by atoms with Crippen molar-refractivity contribution in [2.75, 3.05) is 40.8 Å². The van der Waals surface area contributed by atoms with Crippen LogP contribution in [0.5, 0.6) is 5.75 Å².